The van der Waals surface area contributed by atoms with Gasteiger partial charge < -0.3 is 10.1 Å². The number of nitrogens with one attached hydrogen (secondary N) is 1. The van der Waals surface area contributed by atoms with Crippen molar-refractivity contribution in [2.24, 2.45) is 0 Å². The Kier molecular flexibility index (Phi) is 4.87. The van der Waals surface area contributed by atoms with Crippen molar-refractivity contribution in [2.75, 3.05) is 0 Å². The van der Waals surface area contributed by atoms with Crippen LogP contribution in [-0.2, 0) is 6.54 Å². The molecule has 0 aliphatic carbocycles. The summed E-state index contributed by atoms with van der Waals surface area (Å²) in [6.45, 7) is 4.69. The Labute approximate surface area is 122 Å². The number of ether oxygens (including phenoxy) is 1. The fraction of sp³-hybridized carbons (Fsp3) is 0.286. The van der Waals surface area contributed by atoms with Gasteiger partial charge in [-0.25, -0.2) is 9.37 Å². The van der Waals surface area contributed by atoms with Crippen molar-refractivity contribution < 1.29 is 9.13 Å². The number of halogens is 2. The predicted octanol–water partition coefficient (Wildman–Crippen LogP) is 3.56. The standard InChI is InChI=1S/C14H15ClFN3O/c1-9(2)18-7-10-6-17-8-14(19-10)20-11-3-4-12(15)13(16)5-11/h3-6,8-9,18H,7H2,1-2H3. The molecule has 0 unspecified atom stereocenters. The summed E-state index contributed by atoms with van der Waals surface area (Å²) in [6.07, 6.45) is 3.13. The number of benzene rings is 1. The maximum Gasteiger partial charge on any atom is 0.238 e. The Hall–Kier alpha value is -1.72. The highest BCUT2D eigenvalue weighted by atomic mass is 35.5. The van der Waals surface area contributed by atoms with Gasteiger partial charge in [-0.3, -0.25) is 4.98 Å². The van der Waals surface area contributed by atoms with Crippen LogP contribution in [-0.4, -0.2) is 16.0 Å². The molecule has 4 nitrogen and oxygen atoms in total. The third kappa shape index (κ3) is 4.15. The van der Waals surface area contributed by atoms with E-state index < -0.39 is 5.82 Å². The molecule has 20 heavy (non-hydrogen) atoms. The molecule has 2 aromatic rings. The predicted molar refractivity (Wildman–Crippen MR) is 75.5 cm³/mol. The Morgan fingerprint density at radius 3 is 2.85 bits per heavy atom. The van der Waals surface area contributed by atoms with E-state index in [1.54, 1.807) is 12.3 Å². The van der Waals surface area contributed by atoms with Gasteiger partial charge in [0.25, 0.3) is 0 Å². The lowest BCUT2D eigenvalue weighted by Crippen LogP contribution is -2.22. The Morgan fingerprint density at radius 1 is 1.35 bits per heavy atom. The van der Waals surface area contributed by atoms with E-state index in [4.69, 9.17) is 16.3 Å². The summed E-state index contributed by atoms with van der Waals surface area (Å²) in [7, 11) is 0. The lowest BCUT2D eigenvalue weighted by Gasteiger charge is -2.09. The van der Waals surface area contributed by atoms with E-state index in [0.717, 1.165) is 5.69 Å². The van der Waals surface area contributed by atoms with Crippen LogP contribution in [0.3, 0.4) is 0 Å². The van der Waals surface area contributed by atoms with Crippen molar-refractivity contribution in [3.05, 3.63) is 47.1 Å². The smallest absolute Gasteiger partial charge is 0.238 e. The molecule has 0 aliphatic rings. The van der Waals surface area contributed by atoms with Crippen LogP contribution in [0, 0.1) is 5.82 Å². The zero-order valence-corrected chi connectivity index (χ0v) is 12.0. The molecule has 1 aromatic carbocycles. The van der Waals surface area contributed by atoms with Gasteiger partial charge in [-0.05, 0) is 12.1 Å². The van der Waals surface area contributed by atoms with Gasteiger partial charge in [0.05, 0.1) is 16.9 Å². The van der Waals surface area contributed by atoms with Crippen LogP contribution in [0.2, 0.25) is 5.02 Å². The maximum absolute atomic E-state index is 13.3. The van der Waals surface area contributed by atoms with Crippen molar-refractivity contribution in [3.63, 3.8) is 0 Å². The molecule has 106 valence electrons. The third-order valence-electron chi connectivity index (χ3n) is 2.47. The van der Waals surface area contributed by atoms with E-state index in [9.17, 15) is 4.39 Å². The molecule has 0 saturated carbocycles. The quantitative estimate of drug-likeness (QED) is 0.916. The molecule has 1 aromatic heterocycles. The second kappa shape index (κ2) is 6.63. The number of hydrogen-bond donors (Lipinski definition) is 1. The molecular formula is C14H15ClFN3O. The maximum atomic E-state index is 13.3. The van der Waals surface area contributed by atoms with Crippen molar-refractivity contribution >= 4 is 11.6 Å². The molecule has 0 aliphatic heterocycles. The fourth-order valence-electron chi connectivity index (χ4n) is 1.49. The van der Waals surface area contributed by atoms with Crippen LogP contribution in [0.25, 0.3) is 0 Å². The van der Waals surface area contributed by atoms with Gasteiger partial charge in [0, 0.05) is 24.8 Å². The summed E-state index contributed by atoms with van der Waals surface area (Å²) in [5.74, 6) is 0.111. The SMILES string of the molecule is CC(C)NCc1cncc(Oc2ccc(Cl)c(F)c2)n1. The summed E-state index contributed by atoms with van der Waals surface area (Å²) >= 11 is 5.61. The second-order valence-corrected chi connectivity index (χ2v) is 4.97. The normalized spacial score (nSPS) is 10.8. The number of rotatable bonds is 5. The monoisotopic (exact) mass is 295 g/mol. The highest BCUT2D eigenvalue weighted by molar-refractivity contribution is 6.30. The first-order chi connectivity index (χ1) is 9.54. The first kappa shape index (κ1) is 14.7. The summed E-state index contributed by atoms with van der Waals surface area (Å²) in [4.78, 5) is 8.34. The molecule has 6 heteroatoms. The van der Waals surface area contributed by atoms with Crippen LogP contribution in [0.4, 0.5) is 4.39 Å². The second-order valence-electron chi connectivity index (χ2n) is 4.56. The molecule has 0 fully saturated rings. The lowest BCUT2D eigenvalue weighted by molar-refractivity contribution is 0.450. The Morgan fingerprint density at radius 2 is 2.15 bits per heavy atom. The molecule has 1 N–H and O–H groups in total. The van der Waals surface area contributed by atoms with Crippen molar-refractivity contribution in [1.29, 1.82) is 0 Å². The summed E-state index contributed by atoms with van der Waals surface area (Å²) < 4.78 is 18.8. The van der Waals surface area contributed by atoms with Crippen LogP contribution >= 0.6 is 11.6 Å². The van der Waals surface area contributed by atoms with Gasteiger partial charge in [0.1, 0.15) is 11.6 Å². The van der Waals surface area contributed by atoms with Gasteiger partial charge in [0.15, 0.2) is 0 Å². The minimum Gasteiger partial charge on any atom is -0.437 e. The average Bonchev–Trinajstić information content (AvgIpc) is 2.41. The molecule has 0 radical (unpaired) electrons. The van der Waals surface area contributed by atoms with E-state index in [2.05, 4.69) is 15.3 Å². The zero-order valence-electron chi connectivity index (χ0n) is 11.2. The molecular weight excluding hydrogens is 281 g/mol. The third-order valence-corrected chi connectivity index (χ3v) is 2.77. The van der Waals surface area contributed by atoms with Crippen LogP contribution < -0.4 is 10.1 Å². The molecule has 0 bridgehead atoms. The Balaban J connectivity index is 2.08. The zero-order chi connectivity index (χ0) is 14.5. The van der Waals surface area contributed by atoms with Gasteiger partial charge in [0.2, 0.25) is 5.88 Å². The van der Waals surface area contributed by atoms with Gasteiger partial charge in [-0.2, -0.15) is 0 Å². The van der Waals surface area contributed by atoms with Crippen molar-refractivity contribution in [3.8, 4) is 11.6 Å². The fourth-order valence-corrected chi connectivity index (χ4v) is 1.61. The number of nitrogens with zero attached hydrogens (tertiary/aromatic N) is 2. The van der Waals surface area contributed by atoms with Crippen molar-refractivity contribution in [2.45, 2.75) is 26.4 Å². The summed E-state index contributed by atoms with van der Waals surface area (Å²) in [6, 6.07) is 4.57. The van der Waals surface area contributed by atoms with Crippen molar-refractivity contribution in [1.82, 2.24) is 15.3 Å². The first-order valence-corrected chi connectivity index (χ1v) is 6.59. The molecule has 2 rings (SSSR count). The highest BCUT2D eigenvalue weighted by Gasteiger charge is 2.05. The van der Waals surface area contributed by atoms with Gasteiger partial charge in [-0.1, -0.05) is 25.4 Å². The Bertz CT molecular complexity index is 592. The lowest BCUT2D eigenvalue weighted by atomic mass is 10.3. The molecule has 0 saturated heterocycles. The minimum absolute atomic E-state index is 0.0540. The average molecular weight is 296 g/mol. The molecule has 0 amide bonds. The molecule has 0 atom stereocenters. The number of hydrogen-bond acceptors (Lipinski definition) is 4. The number of aromatic nitrogens is 2. The van der Waals surface area contributed by atoms with E-state index in [1.807, 2.05) is 13.8 Å². The van der Waals surface area contributed by atoms with Gasteiger partial charge in [-0.15, -0.1) is 0 Å². The topological polar surface area (TPSA) is 47.0 Å². The first-order valence-electron chi connectivity index (χ1n) is 6.22. The van der Waals surface area contributed by atoms with E-state index in [0.29, 0.717) is 24.2 Å². The van der Waals surface area contributed by atoms with Crippen LogP contribution in [0.1, 0.15) is 19.5 Å². The van der Waals surface area contributed by atoms with E-state index >= 15 is 0 Å². The van der Waals surface area contributed by atoms with Crippen LogP contribution in [0.15, 0.2) is 30.6 Å². The van der Waals surface area contributed by atoms with Crippen LogP contribution in [0.5, 0.6) is 11.6 Å². The van der Waals surface area contributed by atoms with Gasteiger partial charge >= 0.3 is 0 Å². The van der Waals surface area contributed by atoms with E-state index in [-0.39, 0.29) is 5.02 Å². The highest BCUT2D eigenvalue weighted by Crippen LogP contribution is 2.24. The summed E-state index contributed by atoms with van der Waals surface area (Å²) in [5.41, 5.74) is 0.755. The summed E-state index contributed by atoms with van der Waals surface area (Å²) in [5, 5.41) is 3.29. The molecule has 1 heterocycles. The minimum atomic E-state index is -0.533. The van der Waals surface area contributed by atoms with E-state index in [1.165, 1.54) is 18.3 Å². The largest absolute Gasteiger partial charge is 0.437 e. The molecule has 0 spiro atoms.